The van der Waals surface area contributed by atoms with Crippen molar-refractivity contribution in [2.24, 2.45) is 0 Å². The molecule has 0 saturated carbocycles. The predicted octanol–water partition coefficient (Wildman–Crippen LogP) is 5.44. The number of carbonyl (C=O) groups is 1. The lowest BCUT2D eigenvalue weighted by atomic mass is 10.1. The summed E-state index contributed by atoms with van der Waals surface area (Å²) in [6.07, 6.45) is 2.00. The zero-order valence-corrected chi connectivity index (χ0v) is 21.2. The van der Waals surface area contributed by atoms with Crippen LogP contribution in [0.15, 0.2) is 82.6 Å². The van der Waals surface area contributed by atoms with Crippen LogP contribution in [0.25, 0.3) is 0 Å². The van der Waals surface area contributed by atoms with E-state index >= 15 is 0 Å². The lowest BCUT2D eigenvalue weighted by Gasteiger charge is -2.24. The van der Waals surface area contributed by atoms with Crippen LogP contribution in [0, 0.1) is 6.92 Å². The highest BCUT2D eigenvalue weighted by Gasteiger charge is 2.28. The van der Waals surface area contributed by atoms with Crippen molar-refractivity contribution in [2.45, 2.75) is 36.2 Å². The summed E-state index contributed by atoms with van der Waals surface area (Å²) in [6.45, 7) is 3.59. The van der Waals surface area contributed by atoms with Crippen molar-refractivity contribution in [1.82, 2.24) is 9.62 Å². The Morgan fingerprint density at radius 1 is 1.03 bits per heavy atom. The Bertz CT molecular complexity index is 1200. The Balaban J connectivity index is 1.83. The van der Waals surface area contributed by atoms with Gasteiger partial charge >= 0.3 is 0 Å². The van der Waals surface area contributed by atoms with E-state index in [-0.39, 0.29) is 29.9 Å². The third-order valence-electron chi connectivity index (χ3n) is 5.37. The molecule has 1 atom stereocenters. The van der Waals surface area contributed by atoms with Gasteiger partial charge in [-0.2, -0.15) is 4.31 Å². The third-order valence-corrected chi connectivity index (χ3v) is 8.17. The van der Waals surface area contributed by atoms with E-state index in [2.05, 4.69) is 5.32 Å². The molecular formula is C25H27ClN2O3S2. The summed E-state index contributed by atoms with van der Waals surface area (Å²) in [5.41, 5.74) is 2.74. The van der Waals surface area contributed by atoms with Crippen LogP contribution in [-0.4, -0.2) is 31.4 Å². The van der Waals surface area contributed by atoms with Crippen molar-refractivity contribution >= 4 is 39.3 Å². The highest BCUT2D eigenvalue weighted by atomic mass is 35.5. The quantitative estimate of drug-likeness (QED) is 0.396. The van der Waals surface area contributed by atoms with Crippen molar-refractivity contribution in [3.05, 3.63) is 94.5 Å². The Labute approximate surface area is 205 Å². The highest BCUT2D eigenvalue weighted by Crippen LogP contribution is 2.22. The first-order valence-electron chi connectivity index (χ1n) is 10.4. The molecule has 3 aromatic carbocycles. The van der Waals surface area contributed by atoms with Gasteiger partial charge in [0.1, 0.15) is 0 Å². The van der Waals surface area contributed by atoms with E-state index in [4.69, 9.17) is 11.6 Å². The molecule has 1 amide bonds. The number of carbonyl (C=O) groups excluding carboxylic acids is 1. The van der Waals surface area contributed by atoms with Crippen LogP contribution in [0.5, 0.6) is 0 Å². The first-order chi connectivity index (χ1) is 15.7. The fraction of sp³-hybridized carbons (Fsp3) is 0.240. The van der Waals surface area contributed by atoms with Gasteiger partial charge in [0.2, 0.25) is 15.9 Å². The van der Waals surface area contributed by atoms with Crippen LogP contribution in [0.4, 0.5) is 0 Å². The molecule has 0 saturated heterocycles. The van der Waals surface area contributed by atoms with E-state index in [0.717, 1.165) is 21.6 Å². The van der Waals surface area contributed by atoms with Crippen molar-refractivity contribution in [3.63, 3.8) is 0 Å². The molecule has 8 heteroatoms. The number of nitrogens with one attached hydrogen (secondary N) is 1. The van der Waals surface area contributed by atoms with E-state index in [0.29, 0.717) is 5.02 Å². The van der Waals surface area contributed by atoms with Gasteiger partial charge < -0.3 is 5.32 Å². The molecule has 0 heterocycles. The molecule has 0 bridgehead atoms. The van der Waals surface area contributed by atoms with Gasteiger partial charge in [-0.3, -0.25) is 4.79 Å². The summed E-state index contributed by atoms with van der Waals surface area (Å²) in [4.78, 5) is 14.2. The van der Waals surface area contributed by atoms with E-state index in [1.807, 2.05) is 68.6 Å². The fourth-order valence-electron chi connectivity index (χ4n) is 3.38. The molecule has 3 aromatic rings. The van der Waals surface area contributed by atoms with E-state index in [9.17, 15) is 13.2 Å². The first-order valence-corrected chi connectivity index (χ1v) is 13.5. The number of amides is 1. The molecule has 5 nitrogen and oxygen atoms in total. The van der Waals surface area contributed by atoms with E-state index in [1.165, 1.54) is 28.6 Å². The van der Waals surface area contributed by atoms with E-state index < -0.39 is 10.0 Å². The smallest absolute Gasteiger partial charge is 0.243 e. The fourth-order valence-corrected chi connectivity index (χ4v) is 5.29. The molecule has 174 valence electrons. The summed E-state index contributed by atoms with van der Waals surface area (Å²) >= 11 is 7.58. The molecular weight excluding hydrogens is 476 g/mol. The molecule has 0 aliphatic rings. The highest BCUT2D eigenvalue weighted by molar-refractivity contribution is 7.98. The maximum Gasteiger partial charge on any atom is 0.243 e. The van der Waals surface area contributed by atoms with Crippen molar-refractivity contribution < 1.29 is 13.2 Å². The Morgan fingerprint density at radius 3 is 2.27 bits per heavy atom. The molecule has 0 spiro atoms. The number of hydrogen-bond donors (Lipinski definition) is 1. The van der Waals surface area contributed by atoms with Gasteiger partial charge in [0.25, 0.3) is 0 Å². The number of hydrogen-bond acceptors (Lipinski definition) is 4. The van der Waals surface area contributed by atoms with Gasteiger partial charge in [-0.25, -0.2) is 8.42 Å². The van der Waals surface area contributed by atoms with Gasteiger partial charge in [-0.05, 0) is 73.2 Å². The van der Waals surface area contributed by atoms with Gasteiger partial charge in [-0.1, -0.05) is 48.0 Å². The molecule has 0 aliphatic carbocycles. The average Bonchev–Trinajstić information content (AvgIpc) is 2.80. The predicted molar refractivity (Wildman–Crippen MR) is 135 cm³/mol. The third kappa shape index (κ3) is 6.60. The van der Waals surface area contributed by atoms with Crippen molar-refractivity contribution in [3.8, 4) is 0 Å². The molecule has 0 aromatic heterocycles. The molecule has 0 aliphatic heterocycles. The van der Waals surface area contributed by atoms with Crippen LogP contribution < -0.4 is 5.32 Å². The Morgan fingerprint density at radius 2 is 1.67 bits per heavy atom. The number of thioether (sulfide) groups is 1. The van der Waals surface area contributed by atoms with Gasteiger partial charge in [0.05, 0.1) is 17.5 Å². The normalized spacial score (nSPS) is 12.5. The standard InChI is InChI=1S/C25H27ClN2O3S2/c1-18-6-4-5-7-21(18)16-28(33(30,31)24-14-10-22(26)11-15-24)17-25(29)27-19(2)20-8-12-23(32-3)13-9-20/h4-15,19H,16-17H2,1-3H3,(H,27,29)/t19-/m0/s1. The zero-order valence-electron chi connectivity index (χ0n) is 18.8. The topological polar surface area (TPSA) is 66.5 Å². The molecule has 3 rings (SSSR count). The Hall–Kier alpha value is -2.32. The number of sulfonamides is 1. The molecule has 33 heavy (non-hydrogen) atoms. The summed E-state index contributed by atoms with van der Waals surface area (Å²) in [5.74, 6) is -0.373. The van der Waals surface area contributed by atoms with Crippen LogP contribution in [0.1, 0.15) is 29.7 Å². The lowest BCUT2D eigenvalue weighted by molar-refractivity contribution is -0.122. The molecule has 0 unspecified atom stereocenters. The van der Waals surface area contributed by atoms with Crippen LogP contribution in [0.3, 0.4) is 0 Å². The number of halogens is 1. The second kappa shape index (κ2) is 11.2. The average molecular weight is 503 g/mol. The summed E-state index contributed by atoms with van der Waals surface area (Å²) in [6, 6.07) is 21.2. The summed E-state index contributed by atoms with van der Waals surface area (Å²) < 4.78 is 28.0. The number of rotatable bonds is 9. The van der Waals surface area contributed by atoms with Crippen LogP contribution >= 0.6 is 23.4 Å². The van der Waals surface area contributed by atoms with Crippen molar-refractivity contribution in [2.75, 3.05) is 12.8 Å². The molecule has 0 radical (unpaired) electrons. The second-order valence-electron chi connectivity index (χ2n) is 7.72. The number of nitrogens with zero attached hydrogens (tertiary/aromatic N) is 1. The lowest BCUT2D eigenvalue weighted by Crippen LogP contribution is -2.41. The van der Waals surface area contributed by atoms with Crippen LogP contribution in [-0.2, 0) is 21.4 Å². The van der Waals surface area contributed by atoms with Crippen LogP contribution in [0.2, 0.25) is 5.02 Å². The maximum absolute atomic E-state index is 13.4. The zero-order chi connectivity index (χ0) is 24.0. The Kier molecular flexibility index (Phi) is 8.59. The minimum atomic E-state index is -3.93. The molecule has 0 fully saturated rings. The summed E-state index contributed by atoms with van der Waals surface area (Å²) in [5, 5.41) is 3.37. The maximum atomic E-state index is 13.4. The second-order valence-corrected chi connectivity index (χ2v) is 11.0. The van der Waals surface area contributed by atoms with Crippen molar-refractivity contribution in [1.29, 1.82) is 0 Å². The van der Waals surface area contributed by atoms with Gasteiger partial charge in [-0.15, -0.1) is 11.8 Å². The van der Waals surface area contributed by atoms with E-state index in [1.54, 1.807) is 11.8 Å². The summed E-state index contributed by atoms with van der Waals surface area (Å²) in [7, 11) is -3.93. The monoisotopic (exact) mass is 502 g/mol. The largest absolute Gasteiger partial charge is 0.348 e. The number of aryl methyl sites for hydroxylation is 1. The molecule has 1 N–H and O–H groups in total. The van der Waals surface area contributed by atoms with Gasteiger partial charge in [0, 0.05) is 16.5 Å². The minimum Gasteiger partial charge on any atom is -0.348 e. The number of benzene rings is 3. The van der Waals surface area contributed by atoms with Gasteiger partial charge in [0.15, 0.2) is 0 Å². The SMILES string of the molecule is CSc1ccc([C@H](C)NC(=O)CN(Cc2ccccc2C)S(=O)(=O)c2ccc(Cl)cc2)cc1. The minimum absolute atomic E-state index is 0.0852. The first kappa shape index (κ1) is 25.3.